The molecule has 1 atom stereocenters. The van der Waals surface area contributed by atoms with Crippen LogP contribution in [0.25, 0.3) is 11.0 Å². The summed E-state index contributed by atoms with van der Waals surface area (Å²) in [5.74, 6) is 0.617. The van der Waals surface area contributed by atoms with E-state index in [1.165, 1.54) is 12.1 Å². The molecule has 0 bridgehead atoms. The molecule has 1 fully saturated rings. The van der Waals surface area contributed by atoms with Gasteiger partial charge in [0.15, 0.2) is 5.54 Å². The van der Waals surface area contributed by atoms with Crippen molar-refractivity contribution in [3.05, 3.63) is 96.0 Å². The summed E-state index contributed by atoms with van der Waals surface area (Å²) in [4.78, 5) is 25.6. The monoisotopic (exact) mass is 574 g/mol. The summed E-state index contributed by atoms with van der Waals surface area (Å²) < 4.78 is 39.0. The Kier molecular flexibility index (Phi) is 7.15. The zero-order valence-electron chi connectivity index (χ0n) is 22.8. The summed E-state index contributed by atoms with van der Waals surface area (Å²) in [7, 11) is 0. The lowest BCUT2D eigenvalue weighted by Gasteiger charge is -2.35. The highest BCUT2D eigenvalue weighted by molar-refractivity contribution is 5.99. The number of azo groups is 1. The number of nitrogens with one attached hydrogen (secondary N) is 3. The lowest BCUT2D eigenvalue weighted by Crippen LogP contribution is -2.46. The van der Waals surface area contributed by atoms with E-state index in [4.69, 9.17) is 4.98 Å². The first kappa shape index (κ1) is 27.5. The number of benzene rings is 3. The van der Waals surface area contributed by atoms with Gasteiger partial charge in [0, 0.05) is 49.4 Å². The molecule has 3 N–H and O–H groups in total. The molecule has 1 unspecified atom stereocenters. The number of halogens is 3. The van der Waals surface area contributed by atoms with Gasteiger partial charge in [-0.15, -0.1) is 0 Å². The Morgan fingerprint density at radius 1 is 0.976 bits per heavy atom. The number of rotatable bonds is 6. The van der Waals surface area contributed by atoms with Gasteiger partial charge in [-0.3, -0.25) is 0 Å². The number of amides is 2. The van der Waals surface area contributed by atoms with E-state index in [1.54, 1.807) is 30.5 Å². The van der Waals surface area contributed by atoms with Gasteiger partial charge in [-0.2, -0.15) is 23.4 Å². The van der Waals surface area contributed by atoms with E-state index in [-0.39, 0.29) is 5.69 Å². The fraction of sp³-hybridized carbons (Fsp3) is 0.267. The molecule has 3 heterocycles. The van der Waals surface area contributed by atoms with Crippen LogP contribution >= 0.6 is 0 Å². The summed E-state index contributed by atoms with van der Waals surface area (Å²) in [6.07, 6.45) is -1.02. The Morgan fingerprint density at radius 2 is 1.74 bits per heavy atom. The molecule has 1 saturated heterocycles. The van der Waals surface area contributed by atoms with Crippen molar-refractivity contribution in [2.75, 3.05) is 48.3 Å². The standard InChI is InChI=1S/C30H29F3N8O/c1-2-40-14-16-41(17-15-40)24-10-11-25-26(19-24)38-27(37-25)29(12-13-34-39-29)20-6-8-22(9-7-20)35-28(42)36-23-5-3-4-21(18-23)30(31,32)33/h3-13,18-19H,2,14-17H2,1H3,(H,37,38)(H2,35,36,42). The zero-order chi connectivity index (χ0) is 29.3. The van der Waals surface area contributed by atoms with Gasteiger partial charge in [0.05, 0.1) is 16.6 Å². The highest BCUT2D eigenvalue weighted by Crippen LogP contribution is 2.39. The normalized spacial score (nSPS) is 19.0. The van der Waals surface area contributed by atoms with E-state index < -0.39 is 23.3 Å². The molecule has 2 amide bonds. The highest BCUT2D eigenvalue weighted by Gasteiger charge is 2.37. The maximum absolute atomic E-state index is 13.0. The van der Waals surface area contributed by atoms with Crippen molar-refractivity contribution >= 4 is 34.1 Å². The number of hydrogen-bond acceptors (Lipinski definition) is 6. The first-order chi connectivity index (χ1) is 20.2. The van der Waals surface area contributed by atoms with E-state index in [0.717, 1.165) is 67.1 Å². The molecule has 3 aromatic carbocycles. The highest BCUT2D eigenvalue weighted by atomic mass is 19.4. The molecule has 6 rings (SSSR count). The topological polar surface area (TPSA) is 101 Å². The van der Waals surface area contributed by atoms with Gasteiger partial charge in [-0.05, 0) is 66.7 Å². The maximum Gasteiger partial charge on any atom is 0.416 e. The number of aromatic amines is 1. The van der Waals surface area contributed by atoms with E-state index in [9.17, 15) is 18.0 Å². The molecule has 0 spiro atoms. The predicted molar refractivity (Wildman–Crippen MR) is 156 cm³/mol. The molecule has 4 aromatic rings. The van der Waals surface area contributed by atoms with Crippen molar-refractivity contribution in [2.24, 2.45) is 10.2 Å². The van der Waals surface area contributed by atoms with Crippen LogP contribution in [0.1, 0.15) is 23.9 Å². The van der Waals surface area contributed by atoms with E-state index >= 15 is 0 Å². The Morgan fingerprint density at radius 3 is 2.43 bits per heavy atom. The summed E-state index contributed by atoms with van der Waals surface area (Å²) in [6, 6.07) is 17.0. The summed E-state index contributed by atoms with van der Waals surface area (Å²) in [5, 5.41) is 13.7. The second-order valence-corrected chi connectivity index (χ2v) is 10.2. The van der Waals surface area contributed by atoms with Crippen molar-refractivity contribution in [2.45, 2.75) is 18.6 Å². The van der Waals surface area contributed by atoms with Crippen LogP contribution in [0.5, 0.6) is 0 Å². The molecule has 2 aliphatic rings. The summed E-state index contributed by atoms with van der Waals surface area (Å²) in [5.41, 5.74) is 2.32. The van der Waals surface area contributed by atoms with Gasteiger partial charge >= 0.3 is 12.2 Å². The van der Waals surface area contributed by atoms with Crippen LogP contribution in [-0.4, -0.2) is 53.6 Å². The number of H-pyrrole nitrogens is 1. The van der Waals surface area contributed by atoms with Crippen LogP contribution < -0.4 is 15.5 Å². The average Bonchev–Trinajstić information content (AvgIpc) is 3.65. The quantitative estimate of drug-likeness (QED) is 0.242. The van der Waals surface area contributed by atoms with Crippen LogP contribution in [0.4, 0.5) is 35.0 Å². The number of alkyl halides is 3. The second-order valence-electron chi connectivity index (χ2n) is 10.2. The molecular formula is C30H29F3N8O. The third kappa shape index (κ3) is 5.45. The minimum Gasteiger partial charge on any atom is -0.369 e. The number of fused-ring (bicyclic) bond motifs is 1. The van der Waals surface area contributed by atoms with Gasteiger partial charge in [0.1, 0.15) is 5.82 Å². The molecule has 9 nitrogen and oxygen atoms in total. The van der Waals surface area contributed by atoms with E-state index in [0.29, 0.717) is 11.5 Å². The average molecular weight is 575 g/mol. The van der Waals surface area contributed by atoms with Crippen LogP contribution in [0.3, 0.4) is 0 Å². The van der Waals surface area contributed by atoms with Gasteiger partial charge < -0.3 is 25.4 Å². The van der Waals surface area contributed by atoms with Crippen LogP contribution in [-0.2, 0) is 11.7 Å². The number of urea groups is 1. The molecule has 216 valence electrons. The number of carbonyl (C=O) groups is 1. The lowest BCUT2D eigenvalue weighted by molar-refractivity contribution is -0.137. The first-order valence-electron chi connectivity index (χ1n) is 13.7. The molecular weight excluding hydrogens is 545 g/mol. The van der Waals surface area contributed by atoms with Crippen molar-refractivity contribution in [1.82, 2.24) is 14.9 Å². The van der Waals surface area contributed by atoms with Crippen LogP contribution in [0, 0.1) is 0 Å². The number of imidazole rings is 1. The van der Waals surface area contributed by atoms with Gasteiger partial charge in [-0.25, -0.2) is 9.78 Å². The van der Waals surface area contributed by atoms with Gasteiger partial charge in [0.2, 0.25) is 0 Å². The number of nitrogens with zero attached hydrogens (tertiary/aromatic N) is 5. The zero-order valence-corrected chi connectivity index (χ0v) is 22.8. The van der Waals surface area contributed by atoms with Crippen LogP contribution in [0.2, 0.25) is 0 Å². The van der Waals surface area contributed by atoms with Crippen LogP contribution in [0.15, 0.2) is 89.2 Å². The smallest absolute Gasteiger partial charge is 0.369 e. The summed E-state index contributed by atoms with van der Waals surface area (Å²) in [6.45, 7) is 7.26. The SMILES string of the molecule is CCN1CCN(c2ccc3nc(C4(c5ccc(NC(=O)Nc6cccc(C(F)(F)F)c6)cc5)C=CN=N4)[nH]c3c2)CC1. The first-order valence-corrected chi connectivity index (χ1v) is 13.7. The molecule has 42 heavy (non-hydrogen) atoms. The van der Waals surface area contributed by atoms with E-state index in [2.05, 4.69) is 54.7 Å². The van der Waals surface area contributed by atoms with Crippen molar-refractivity contribution in [3.8, 4) is 0 Å². The Labute approximate surface area is 240 Å². The Balaban J connectivity index is 1.19. The molecule has 0 saturated carbocycles. The number of carbonyl (C=O) groups excluding carboxylic acids is 1. The number of piperazine rings is 1. The number of aromatic nitrogens is 2. The molecule has 0 aliphatic carbocycles. The van der Waals surface area contributed by atoms with Crippen molar-refractivity contribution < 1.29 is 18.0 Å². The van der Waals surface area contributed by atoms with Gasteiger partial charge in [0.25, 0.3) is 0 Å². The maximum atomic E-state index is 13.0. The number of likely N-dealkylation sites (N-methyl/N-ethyl adjacent to an activating group) is 1. The fourth-order valence-corrected chi connectivity index (χ4v) is 5.29. The predicted octanol–water partition coefficient (Wildman–Crippen LogP) is 6.59. The third-order valence-corrected chi connectivity index (χ3v) is 7.64. The van der Waals surface area contributed by atoms with Crippen molar-refractivity contribution in [1.29, 1.82) is 0 Å². The van der Waals surface area contributed by atoms with E-state index in [1.807, 2.05) is 12.1 Å². The van der Waals surface area contributed by atoms with Crippen molar-refractivity contribution in [3.63, 3.8) is 0 Å². The number of hydrogen-bond donors (Lipinski definition) is 3. The Hall–Kier alpha value is -4.71. The second kappa shape index (κ2) is 10.9. The molecule has 12 heteroatoms. The lowest BCUT2D eigenvalue weighted by atomic mass is 9.90. The Bertz CT molecular complexity index is 1640. The number of anilines is 3. The minimum absolute atomic E-state index is 0.0330. The molecule has 1 aromatic heterocycles. The summed E-state index contributed by atoms with van der Waals surface area (Å²) >= 11 is 0. The minimum atomic E-state index is -4.50. The van der Waals surface area contributed by atoms with Gasteiger partial charge in [-0.1, -0.05) is 25.1 Å². The molecule has 2 aliphatic heterocycles. The largest absolute Gasteiger partial charge is 0.416 e. The molecule has 0 radical (unpaired) electrons. The fourth-order valence-electron chi connectivity index (χ4n) is 5.29. The third-order valence-electron chi connectivity index (χ3n) is 7.64.